The summed E-state index contributed by atoms with van der Waals surface area (Å²) in [5, 5.41) is -0.236. The van der Waals surface area contributed by atoms with Gasteiger partial charge in [0.05, 0.1) is 18.6 Å². The molecule has 0 N–H and O–H groups in total. The molecule has 10 nitrogen and oxygen atoms in total. The van der Waals surface area contributed by atoms with Crippen LogP contribution >= 0.6 is 11.6 Å². The fourth-order valence-corrected chi connectivity index (χ4v) is 21.5. The van der Waals surface area contributed by atoms with Crippen LogP contribution in [0.4, 0.5) is 0 Å². The van der Waals surface area contributed by atoms with E-state index in [0.717, 1.165) is 89.9 Å². The third kappa shape index (κ3) is 7.41. The van der Waals surface area contributed by atoms with Crippen molar-refractivity contribution in [2.75, 3.05) is 0 Å². The van der Waals surface area contributed by atoms with Crippen molar-refractivity contribution in [3.8, 4) is 0 Å². The van der Waals surface area contributed by atoms with Crippen LogP contribution in [-0.2, 0) is 24.0 Å². The summed E-state index contributed by atoms with van der Waals surface area (Å²) in [6, 6.07) is 0. The molecule has 0 unspecified atom stereocenters. The molecule has 1 heterocycles. The second-order valence-corrected chi connectivity index (χ2v) is 29.8. The predicted octanol–water partition coefficient (Wildman–Crippen LogP) is 14.4. The second-order valence-electron chi connectivity index (χ2n) is 29.5. The SMILES string of the molecule is [3H]C.[C-]#[N+]C1=C[C@]2(C)[C@H]3CC(=O)[C@@H]4[C@@H]5CC(C)(C)CC[C@]5(C(=O)Cl)CC[C@@]4(C)[C@]3(C)CC[C@H]2[C@H](C)C1=O.[C-]#[N+]C1=C[C@]2(C)[C@H]3CC(=O)[C@@H]4[C@@H]5CC(C)(C)CC[C@]5(C(=O)n5ccnc5)CC[C@@]4(C)[C@]3(C)CC[C@H]2[C@H](C)C1=O. The summed E-state index contributed by atoms with van der Waals surface area (Å²) in [6.45, 7) is 42.4. The number of carbonyl (C=O) groups is 6. The number of nitrogens with zero attached hydrogens (tertiary/aromatic N) is 4. The van der Waals surface area contributed by atoms with Gasteiger partial charge in [-0.15, -0.1) is 0 Å². The Bertz CT molecular complexity index is 2790. The van der Waals surface area contributed by atoms with Crippen LogP contribution in [-0.4, -0.2) is 43.8 Å². The molecule has 0 spiro atoms. The molecule has 0 saturated heterocycles. The van der Waals surface area contributed by atoms with Crippen LogP contribution in [0.25, 0.3) is 9.69 Å². The zero-order chi connectivity index (χ0) is 55.9. The maximum absolute atomic E-state index is 14.6. The van der Waals surface area contributed by atoms with Gasteiger partial charge in [-0.05, 0) is 180 Å². The van der Waals surface area contributed by atoms with Gasteiger partial charge in [0.1, 0.15) is 17.9 Å². The van der Waals surface area contributed by atoms with Crippen LogP contribution < -0.4 is 0 Å². The van der Waals surface area contributed by atoms with Gasteiger partial charge < -0.3 is 9.59 Å². The van der Waals surface area contributed by atoms with Gasteiger partial charge in [0.25, 0.3) is 0 Å². The molecule has 11 rings (SSSR count). The van der Waals surface area contributed by atoms with E-state index in [2.05, 4.69) is 83.9 Å². The summed E-state index contributed by atoms with van der Waals surface area (Å²) in [5.41, 5.74) is -1.85. The molecule has 10 aliphatic rings. The first-order valence-electron chi connectivity index (χ1n) is 29.5. The minimum absolute atomic E-state index is 0.00640. The van der Waals surface area contributed by atoms with E-state index in [0.29, 0.717) is 18.6 Å². The highest BCUT2D eigenvalue weighted by Crippen LogP contribution is 2.77. The standard InChI is InChI=1S/C33H43N3O3.C30H40ClNO3.CH4/c1-20-21-8-9-31(5)25(30(21,4)18-23(34-7)27(20)38)16-24(37)26-22-17-29(2,3)10-12-33(22,13-11-32(26,31)6)28(39)36-15-14-35-19-36;1-17-18-8-9-28(5)22(27(18,4)16-20(32-7)24(17)34)14-21(33)23-19-15-26(2,3)10-12-30(19,25(31)35)13-11-29(23,28)6;/h14-15,18-22,25-26H,8-13,16-17H2,1-6H3;16-19,22-23H,8-15H2,1-6H3;1H4/t20-,21-,22-,25+,26-,30-,31+,32+,33-;17-,18-,19-,22+,23-,27-,28+,29+,30-;/m00./s1/i;;1T. The Morgan fingerprint density at radius 2 is 1.01 bits per heavy atom. The van der Waals surface area contributed by atoms with E-state index in [4.69, 9.17) is 26.1 Å². The van der Waals surface area contributed by atoms with Crippen molar-refractivity contribution in [3.63, 3.8) is 0 Å². The molecule has 1 aromatic rings. The lowest BCUT2D eigenvalue weighted by Crippen LogP contribution is -2.68. The van der Waals surface area contributed by atoms with Crippen molar-refractivity contribution >= 4 is 45.9 Å². The average molecular weight is 1050 g/mol. The molecule has 18 atom stereocenters. The van der Waals surface area contributed by atoms with E-state index >= 15 is 0 Å². The number of fused-ring (bicyclic) bond motifs is 14. The zero-order valence-corrected chi connectivity index (χ0v) is 48.3. The largest absolute Gasteiger partial charge is 0.308 e. The number of ketones is 4. The number of aromatic nitrogens is 2. The number of carbonyl (C=O) groups excluding carboxylic acids is 6. The van der Waals surface area contributed by atoms with Crippen LogP contribution in [0.1, 0.15) is 199 Å². The van der Waals surface area contributed by atoms with E-state index in [1.54, 1.807) is 23.3 Å². The molecule has 75 heavy (non-hydrogen) atoms. The first-order chi connectivity index (χ1) is 35.4. The Balaban J connectivity index is 0.000000181. The van der Waals surface area contributed by atoms with Crippen molar-refractivity contribution in [1.82, 2.24) is 9.55 Å². The molecule has 0 bridgehead atoms. The van der Waals surface area contributed by atoms with E-state index < -0.39 is 10.8 Å². The Labute approximate surface area is 455 Å². The van der Waals surface area contributed by atoms with Crippen molar-refractivity contribution in [1.29, 1.82) is 0 Å². The molecule has 0 amide bonds. The summed E-state index contributed by atoms with van der Waals surface area (Å²) >= 11 is 6.37. The molecule has 0 radical (unpaired) electrons. The fraction of sp³-hybridized carbons (Fsp3) is 0.766. The molecule has 8 saturated carbocycles. The molecule has 406 valence electrons. The van der Waals surface area contributed by atoms with Crippen molar-refractivity contribution in [3.05, 3.63) is 65.1 Å². The van der Waals surface area contributed by atoms with Crippen molar-refractivity contribution in [2.24, 2.45) is 113 Å². The molecular weight excluding hydrogens is 956 g/mol. The average Bonchev–Trinajstić information content (AvgIpc) is 3.92. The number of hydrogen-bond donors (Lipinski definition) is 0. The highest BCUT2D eigenvalue weighted by Gasteiger charge is 2.74. The van der Waals surface area contributed by atoms with Gasteiger partial charge in [-0.25, -0.2) is 14.7 Å². The first-order valence-corrected chi connectivity index (χ1v) is 28.9. The topological polar surface area (TPSA) is 129 Å². The summed E-state index contributed by atoms with van der Waals surface area (Å²) in [7, 11) is 1.25. The van der Waals surface area contributed by atoms with Crippen LogP contribution in [0.3, 0.4) is 0 Å². The molecular formula is C64H87ClN4O6. The Kier molecular flexibility index (Phi) is 12.9. The molecule has 0 aliphatic heterocycles. The summed E-state index contributed by atoms with van der Waals surface area (Å²) in [5.74, 6) is 0.401. The van der Waals surface area contributed by atoms with Gasteiger partial charge in [-0.1, -0.05) is 103 Å². The van der Waals surface area contributed by atoms with Crippen LogP contribution in [0.2, 0.25) is 0 Å². The molecule has 8 fully saturated rings. The second kappa shape index (κ2) is 17.7. The van der Waals surface area contributed by atoms with E-state index in [1.807, 2.05) is 26.0 Å². The predicted molar refractivity (Wildman–Crippen MR) is 291 cm³/mol. The first kappa shape index (κ1) is 54.3. The fourth-order valence-electron chi connectivity index (χ4n) is 21.1. The summed E-state index contributed by atoms with van der Waals surface area (Å²) in [6.07, 6.45) is 22.3. The third-order valence-electron chi connectivity index (χ3n) is 25.8. The highest BCUT2D eigenvalue weighted by molar-refractivity contribution is 6.64. The van der Waals surface area contributed by atoms with Crippen molar-refractivity contribution < 1.29 is 30.1 Å². The summed E-state index contributed by atoms with van der Waals surface area (Å²) in [4.78, 5) is 93.3. The van der Waals surface area contributed by atoms with Crippen LogP contribution in [0.15, 0.2) is 42.3 Å². The van der Waals surface area contributed by atoms with Crippen LogP contribution in [0.5, 0.6) is 0 Å². The van der Waals surface area contributed by atoms with Gasteiger partial charge in [0, 0.05) is 55.7 Å². The summed E-state index contributed by atoms with van der Waals surface area (Å²) < 4.78 is 7.41. The number of allylic oxidation sites excluding steroid dienone is 4. The maximum Gasteiger partial charge on any atom is 0.238 e. The Morgan fingerprint density at radius 1 is 0.613 bits per heavy atom. The number of hydrogen-bond acceptors (Lipinski definition) is 7. The molecule has 11 heteroatoms. The number of Topliss-reactive ketones (excluding diaryl/α,β-unsaturated/α-hetero) is 4. The van der Waals surface area contributed by atoms with Gasteiger partial charge in [-0.2, -0.15) is 0 Å². The van der Waals surface area contributed by atoms with E-state index in [1.165, 1.54) is 7.40 Å². The quantitative estimate of drug-likeness (QED) is 0.213. The van der Waals surface area contributed by atoms with Crippen molar-refractivity contribution in [2.45, 2.75) is 193 Å². The molecule has 1 aromatic heterocycles. The zero-order valence-electron chi connectivity index (χ0n) is 48.6. The highest BCUT2D eigenvalue weighted by atomic mass is 35.5. The monoisotopic (exact) mass is 1040 g/mol. The van der Waals surface area contributed by atoms with Gasteiger partial charge >= 0.3 is 0 Å². The smallest absolute Gasteiger partial charge is 0.238 e. The van der Waals surface area contributed by atoms with E-state index in [-0.39, 0.29) is 142 Å². The number of halogens is 1. The van der Waals surface area contributed by atoms with E-state index in [9.17, 15) is 28.8 Å². The normalized spacial score (nSPS) is 47.9. The minimum atomic E-state index is -0.579. The molecule has 0 aromatic carbocycles. The lowest BCUT2D eigenvalue weighted by atomic mass is 9.32. The minimum Gasteiger partial charge on any atom is -0.308 e. The number of rotatable bonds is 2. The van der Waals surface area contributed by atoms with Gasteiger partial charge in [0.2, 0.25) is 22.5 Å². The lowest BCUT2D eigenvalue weighted by molar-refractivity contribution is -0.216. The Morgan fingerprint density at radius 3 is 1.41 bits per heavy atom. The third-order valence-corrected chi connectivity index (χ3v) is 26.1. The maximum atomic E-state index is 14.6. The Hall–Kier alpha value is -4.02. The van der Waals surface area contributed by atoms with Gasteiger partial charge in [0.15, 0.2) is 11.6 Å². The van der Waals surface area contributed by atoms with Crippen LogP contribution in [0, 0.1) is 126 Å². The molecule has 10 aliphatic carbocycles. The number of imidazole rings is 1. The van der Waals surface area contributed by atoms with Gasteiger partial charge in [-0.3, -0.25) is 23.7 Å². The lowest BCUT2D eigenvalue weighted by Gasteiger charge is -2.71.